The van der Waals surface area contributed by atoms with Gasteiger partial charge in [0.15, 0.2) is 0 Å². The monoisotopic (exact) mass is 237 g/mol. The Hall–Kier alpha value is -1.29. The number of anilines is 1. The molecule has 1 heterocycles. The number of hydrogen-bond donors (Lipinski definition) is 2. The molecule has 0 amide bonds. The highest BCUT2D eigenvalue weighted by Gasteiger charge is 2.15. The number of ether oxygens (including phenoxy) is 1. The number of methoxy groups -OCH3 is 1. The highest BCUT2D eigenvalue weighted by Crippen LogP contribution is 2.20. The van der Waals surface area contributed by atoms with Crippen molar-refractivity contribution in [1.29, 1.82) is 0 Å². The second kappa shape index (κ2) is 5.87. The Morgan fingerprint density at radius 3 is 2.71 bits per heavy atom. The molecule has 0 saturated carbocycles. The number of hydrogen-bond acceptors (Lipinski definition) is 4. The first kappa shape index (κ1) is 13.8. The van der Waals surface area contributed by atoms with E-state index in [1.807, 2.05) is 18.2 Å². The molecule has 1 aromatic heterocycles. The second-order valence-corrected chi connectivity index (χ2v) is 5.47. The minimum atomic E-state index is 0.128. The maximum absolute atomic E-state index is 6.06. The van der Waals surface area contributed by atoms with Crippen LogP contribution in [0.15, 0.2) is 18.2 Å². The molecule has 0 spiro atoms. The number of nitrogens with two attached hydrogens (primary N) is 1. The van der Waals surface area contributed by atoms with Crippen molar-refractivity contribution in [2.75, 3.05) is 19.0 Å². The van der Waals surface area contributed by atoms with Gasteiger partial charge in [-0.05, 0) is 17.9 Å². The molecule has 3 N–H and O–H groups in total. The van der Waals surface area contributed by atoms with Crippen LogP contribution in [-0.4, -0.2) is 24.7 Å². The summed E-state index contributed by atoms with van der Waals surface area (Å²) in [5, 5.41) is 3.23. The Labute approximate surface area is 104 Å². The Morgan fingerprint density at radius 1 is 1.41 bits per heavy atom. The first-order valence-electron chi connectivity index (χ1n) is 5.91. The van der Waals surface area contributed by atoms with Gasteiger partial charge in [-0.25, -0.2) is 0 Å². The summed E-state index contributed by atoms with van der Waals surface area (Å²) in [7, 11) is 1.61. The highest BCUT2D eigenvalue weighted by molar-refractivity contribution is 5.37. The SMILES string of the molecule is COc1cccc(NCC(N)CC(C)(C)C)n1. The molecule has 0 bridgehead atoms. The molecular formula is C13H23N3O. The normalized spacial score (nSPS) is 13.2. The van der Waals surface area contributed by atoms with E-state index in [9.17, 15) is 0 Å². The van der Waals surface area contributed by atoms with Crippen molar-refractivity contribution in [2.45, 2.75) is 33.2 Å². The molecule has 0 aliphatic heterocycles. The summed E-state index contributed by atoms with van der Waals surface area (Å²) >= 11 is 0. The molecule has 4 heteroatoms. The molecule has 0 fully saturated rings. The molecule has 1 atom stereocenters. The van der Waals surface area contributed by atoms with E-state index in [-0.39, 0.29) is 11.5 Å². The van der Waals surface area contributed by atoms with Gasteiger partial charge in [-0.1, -0.05) is 26.8 Å². The number of pyridine rings is 1. The van der Waals surface area contributed by atoms with E-state index >= 15 is 0 Å². The van der Waals surface area contributed by atoms with E-state index in [1.54, 1.807) is 7.11 Å². The minimum absolute atomic E-state index is 0.128. The summed E-state index contributed by atoms with van der Waals surface area (Å²) in [6.45, 7) is 7.29. The predicted molar refractivity (Wildman–Crippen MR) is 71.3 cm³/mol. The van der Waals surface area contributed by atoms with Crippen LogP contribution in [0.1, 0.15) is 27.2 Å². The van der Waals surface area contributed by atoms with E-state index in [0.29, 0.717) is 5.88 Å². The quantitative estimate of drug-likeness (QED) is 0.824. The molecule has 1 rings (SSSR count). The molecule has 0 aliphatic rings. The van der Waals surface area contributed by atoms with E-state index in [4.69, 9.17) is 10.5 Å². The molecule has 4 nitrogen and oxygen atoms in total. The van der Waals surface area contributed by atoms with Crippen LogP contribution in [0.2, 0.25) is 0 Å². The van der Waals surface area contributed by atoms with E-state index in [1.165, 1.54) is 0 Å². The summed E-state index contributed by atoms with van der Waals surface area (Å²) in [6, 6.07) is 5.76. The van der Waals surface area contributed by atoms with Crippen LogP contribution in [0.3, 0.4) is 0 Å². The van der Waals surface area contributed by atoms with Crippen molar-refractivity contribution >= 4 is 5.82 Å². The summed E-state index contributed by atoms with van der Waals surface area (Å²) in [5.74, 6) is 1.41. The van der Waals surface area contributed by atoms with Crippen LogP contribution in [0, 0.1) is 5.41 Å². The Kier molecular flexibility index (Phi) is 4.75. The lowest BCUT2D eigenvalue weighted by Gasteiger charge is -2.23. The van der Waals surface area contributed by atoms with E-state index < -0.39 is 0 Å². The van der Waals surface area contributed by atoms with Crippen molar-refractivity contribution in [3.63, 3.8) is 0 Å². The van der Waals surface area contributed by atoms with Gasteiger partial charge in [-0.2, -0.15) is 4.98 Å². The van der Waals surface area contributed by atoms with Crippen LogP contribution in [0.4, 0.5) is 5.82 Å². The molecule has 0 aromatic carbocycles. The van der Waals surface area contributed by atoms with Gasteiger partial charge in [0, 0.05) is 18.7 Å². The third-order valence-electron chi connectivity index (χ3n) is 2.35. The van der Waals surface area contributed by atoms with Crippen LogP contribution in [0.25, 0.3) is 0 Å². The van der Waals surface area contributed by atoms with Gasteiger partial charge in [-0.15, -0.1) is 0 Å². The maximum atomic E-state index is 6.06. The average Bonchev–Trinajstić information content (AvgIpc) is 2.24. The van der Waals surface area contributed by atoms with Crippen LogP contribution >= 0.6 is 0 Å². The third-order valence-corrected chi connectivity index (χ3v) is 2.35. The van der Waals surface area contributed by atoms with Crippen molar-refractivity contribution < 1.29 is 4.74 Å². The van der Waals surface area contributed by atoms with Gasteiger partial charge < -0.3 is 15.8 Å². The van der Waals surface area contributed by atoms with Crippen molar-refractivity contribution in [2.24, 2.45) is 11.1 Å². The molecule has 0 radical (unpaired) electrons. The Bertz CT molecular complexity index is 347. The molecule has 1 unspecified atom stereocenters. The van der Waals surface area contributed by atoms with Crippen LogP contribution in [-0.2, 0) is 0 Å². The first-order valence-corrected chi connectivity index (χ1v) is 5.91. The summed E-state index contributed by atoms with van der Waals surface area (Å²) in [4.78, 5) is 4.27. The lowest BCUT2D eigenvalue weighted by molar-refractivity contribution is 0.344. The Morgan fingerprint density at radius 2 is 2.12 bits per heavy atom. The number of aromatic nitrogens is 1. The fourth-order valence-electron chi connectivity index (χ4n) is 1.72. The molecule has 96 valence electrons. The van der Waals surface area contributed by atoms with Crippen molar-refractivity contribution in [3.05, 3.63) is 18.2 Å². The predicted octanol–water partition coefficient (Wildman–Crippen LogP) is 2.27. The molecule has 0 aliphatic carbocycles. The zero-order valence-corrected chi connectivity index (χ0v) is 11.2. The minimum Gasteiger partial charge on any atom is -0.481 e. The van der Waals surface area contributed by atoms with Gasteiger partial charge in [-0.3, -0.25) is 0 Å². The van der Waals surface area contributed by atoms with Crippen LogP contribution in [0.5, 0.6) is 5.88 Å². The standard InChI is InChI=1S/C13H23N3O/c1-13(2,3)8-10(14)9-15-11-6-5-7-12(16-11)17-4/h5-7,10H,8-9,14H2,1-4H3,(H,15,16). The fourth-order valence-corrected chi connectivity index (χ4v) is 1.72. The van der Waals surface area contributed by atoms with Gasteiger partial charge in [0.25, 0.3) is 0 Å². The van der Waals surface area contributed by atoms with Gasteiger partial charge in [0.2, 0.25) is 5.88 Å². The lowest BCUT2D eigenvalue weighted by atomic mass is 9.88. The number of nitrogens with one attached hydrogen (secondary N) is 1. The zero-order chi connectivity index (χ0) is 12.9. The number of rotatable bonds is 5. The maximum Gasteiger partial charge on any atom is 0.214 e. The van der Waals surface area contributed by atoms with E-state index in [2.05, 4.69) is 31.1 Å². The molecular weight excluding hydrogens is 214 g/mol. The van der Waals surface area contributed by atoms with Crippen molar-refractivity contribution in [3.8, 4) is 5.88 Å². The molecule has 0 saturated heterocycles. The zero-order valence-electron chi connectivity index (χ0n) is 11.2. The lowest BCUT2D eigenvalue weighted by Crippen LogP contribution is -2.33. The average molecular weight is 237 g/mol. The molecule has 17 heavy (non-hydrogen) atoms. The second-order valence-electron chi connectivity index (χ2n) is 5.47. The van der Waals surface area contributed by atoms with Crippen LogP contribution < -0.4 is 15.8 Å². The smallest absolute Gasteiger partial charge is 0.214 e. The summed E-state index contributed by atoms with van der Waals surface area (Å²) in [5.41, 5.74) is 6.31. The fraction of sp³-hybridized carbons (Fsp3) is 0.615. The highest BCUT2D eigenvalue weighted by atomic mass is 16.5. The summed E-state index contributed by atoms with van der Waals surface area (Å²) < 4.78 is 5.06. The van der Waals surface area contributed by atoms with Crippen molar-refractivity contribution in [1.82, 2.24) is 4.98 Å². The summed E-state index contributed by atoms with van der Waals surface area (Å²) in [6.07, 6.45) is 0.976. The van der Waals surface area contributed by atoms with Gasteiger partial charge >= 0.3 is 0 Å². The largest absolute Gasteiger partial charge is 0.481 e. The first-order chi connectivity index (χ1) is 7.90. The third kappa shape index (κ3) is 5.54. The molecule has 1 aromatic rings. The topological polar surface area (TPSA) is 60.2 Å². The van der Waals surface area contributed by atoms with Gasteiger partial charge in [0.1, 0.15) is 5.82 Å². The van der Waals surface area contributed by atoms with Gasteiger partial charge in [0.05, 0.1) is 7.11 Å². The Balaban J connectivity index is 2.44. The number of nitrogens with zero attached hydrogens (tertiary/aromatic N) is 1. The van der Waals surface area contributed by atoms with E-state index in [0.717, 1.165) is 18.8 Å².